The molecular formula is C9H12O3. The quantitative estimate of drug-likeness (QED) is 0.468. The fourth-order valence-corrected chi connectivity index (χ4v) is 1.16. The highest BCUT2D eigenvalue weighted by Crippen LogP contribution is 2.29. The molecule has 0 N–H and O–H groups in total. The number of hydrogen-bond acceptors (Lipinski definition) is 3. The van der Waals surface area contributed by atoms with E-state index < -0.39 is 5.60 Å². The van der Waals surface area contributed by atoms with Crippen molar-refractivity contribution in [2.75, 3.05) is 0 Å². The lowest BCUT2D eigenvalue weighted by Crippen LogP contribution is -2.32. The first kappa shape index (κ1) is 8.97. The highest BCUT2D eigenvalue weighted by Gasteiger charge is 2.35. The van der Waals surface area contributed by atoms with Crippen molar-refractivity contribution in [2.45, 2.75) is 25.9 Å². The van der Waals surface area contributed by atoms with Gasteiger partial charge in [-0.05, 0) is 13.0 Å². The summed E-state index contributed by atoms with van der Waals surface area (Å²) in [6.07, 6.45) is 4.37. The summed E-state index contributed by atoms with van der Waals surface area (Å²) >= 11 is 0. The molecule has 3 nitrogen and oxygen atoms in total. The monoisotopic (exact) mass is 168 g/mol. The van der Waals surface area contributed by atoms with Crippen molar-refractivity contribution in [3.05, 3.63) is 12.2 Å². The van der Waals surface area contributed by atoms with Gasteiger partial charge in [0.2, 0.25) is 0 Å². The second kappa shape index (κ2) is 3.09. The average molecular weight is 168 g/mol. The normalized spacial score (nSPS) is 30.0. The van der Waals surface area contributed by atoms with Crippen molar-refractivity contribution in [3.63, 3.8) is 0 Å². The second-order valence-corrected chi connectivity index (χ2v) is 3.24. The first-order chi connectivity index (χ1) is 5.58. The Morgan fingerprint density at radius 1 is 1.75 bits per heavy atom. The third-order valence-corrected chi connectivity index (χ3v) is 2.30. The number of esters is 1. The summed E-state index contributed by atoms with van der Waals surface area (Å²) in [6, 6.07) is 0. The van der Waals surface area contributed by atoms with Gasteiger partial charge < -0.3 is 9.53 Å². The molecule has 1 aliphatic rings. The predicted molar refractivity (Wildman–Crippen MR) is 43.5 cm³/mol. The van der Waals surface area contributed by atoms with Gasteiger partial charge >= 0.3 is 5.97 Å². The summed E-state index contributed by atoms with van der Waals surface area (Å²) in [6.45, 7) is 3.69. The van der Waals surface area contributed by atoms with E-state index in [0.717, 1.165) is 6.29 Å². The number of ether oxygens (including phenoxy) is 1. The molecule has 1 aliphatic heterocycles. The highest BCUT2D eigenvalue weighted by molar-refractivity contribution is 5.85. The zero-order valence-electron chi connectivity index (χ0n) is 7.24. The van der Waals surface area contributed by atoms with Gasteiger partial charge in [0.05, 0.1) is 0 Å². The number of carbonyl (C=O) groups is 2. The third-order valence-electron chi connectivity index (χ3n) is 2.30. The Morgan fingerprint density at radius 2 is 2.42 bits per heavy atom. The van der Waals surface area contributed by atoms with Crippen molar-refractivity contribution in [1.29, 1.82) is 0 Å². The molecule has 0 aromatic rings. The lowest BCUT2D eigenvalue weighted by molar-refractivity contribution is -0.148. The first-order valence-electron chi connectivity index (χ1n) is 3.94. The smallest absolute Gasteiger partial charge is 0.331 e. The first-order valence-corrected chi connectivity index (χ1v) is 3.94. The molecule has 0 saturated carbocycles. The van der Waals surface area contributed by atoms with Gasteiger partial charge in [0, 0.05) is 18.4 Å². The molecule has 1 heterocycles. The van der Waals surface area contributed by atoms with Crippen molar-refractivity contribution < 1.29 is 14.3 Å². The number of carbonyl (C=O) groups excluding carboxylic acids is 2. The molecule has 0 aromatic carbocycles. The van der Waals surface area contributed by atoms with Crippen molar-refractivity contribution in [1.82, 2.24) is 0 Å². The van der Waals surface area contributed by atoms with Crippen LogP contribution in [0.1, 0.15) is 20.3 Å². The molecule has 12 heavy (non-hydrogen) atoms. The Hall–Kier alpha value is -1.12. The van der Waals surface area contributed by atoms with Crippen LogP contribution in [-0.2, 0) is 14.3 Å². The standard InChI is InChI=1S/C9H12O3/c1-7(4-6-10)9(2)5-3-8(11)12-9/h3,5-7H,4H2,1-2H3/t7-,9-/m1/s1. The Morgan fingerprint density at radius 3 is 2.83 bits per heavy atom. The van der Waals surface area contributed by atoms with Gasteiger partial charge in [-0.1, -0.05) is 6.92 Å². The Balaban J connectivity index is 2.67. The number of rotatable bonds is 3. The van der Waals surface area contributed by atoms with Crippen LogP contribution in [-0.4, -0.2) is 17.9 Å². The minimum Gasteiger partial charge on any atom is -0.452 e. The van der Waals surface area contributed by atoms with Gasteiger partial charge in [-0.25, -0.2) is 4.79 Å². The molecule has 0 aliphatic carbocycles. The molecule has 1 rings (SSSR count). The van der Waals surface area contributed by atoms with E-state index in [1.165, 1.54) is 6.08 Å². The molecule has 3 heteroatoms. The van der Waals surface area contributed by atoms with Crippen LogP contribution in [0.15, 0.2) is 12.2 Å². The molecule has 0 radical (unpaired) electrons. The highest BCUT2D eigenvalue weighted by atomic mass is 16.6. The zero-order valence-corrected chi connectivity index (χ0v) is 7.24. The maximum absolute atomic E-state index is 10.8. The summed E-state index contributed by atoms with van der Waals surface area (Å²) < 4.78 is 5.05. The van der Waals surface area contributed by atoms with Crippen LogP contribution in [0, 0.1) is 5.92 Å². The van der Waals surface area contributed by atoms with Gasteiger partial charge in [0.15, 0.2) is 0 Å². The van der Waals surface area contributed by atoms with E-state index in [-0.39, 0.29) is 11.9 Å². The van der Waals surface area contributed by atoms with Crippen LogP contribution >= 0.6 is 0 Å². The third kappa shape index (κ3) is 1.55. The van der Waals surface area contributed by atoms with Crippen molar-refractivity contribution in [2.24, 2.45) is 5.92 Å². The largest absolute Gasteiger partial charge is 0.452 e. The van der Waals surface area contributed by atoms with Gasteiger partial charge in [-0.15, -0.1) is 0 Å². The van der Waals surface area contributed by atoms with Gasteiger partial charge in [-0.3, -0.25) is 0 Å². The molecule has 0 unspecified atom stereocenters. The summed E-state index contributed by atoms with van der Waals surface area (Å²) in [4.78, 5) is 21.0. The van der Waals surface area contributed by atoms with Gasteiger partial charge in [-0.2, -0.15) is 0 Å². The topological polar surface area (TPSA) is 43.4 Å². The molecule has 2 atom stereocenters. The zero-order chi connectivity index (χ0) is 9.19. The van der Waals surface area contributed by atoms with Gasteiger partial charge in [0.1, 0.15) is 11.9 Å². The van der Waals surface area contributed by atoms with Crippen LogP contribution in [0.5, 0.6) is 0 Å². The minimum absolute atomic E-state index is 0.0395. The second-order valence-electron chi connectivity index (χ2n) is 3.24. The van der Waals surface area contributed by atoms with Crippen LogP contribution in [0.4, 0.5) is 0 Å². The van der Waals surface area contributed by atoms with Gasteiger partial charge in [0.25, 0.3) is 0 Å². The van der Waals surface area contributed by atoms with E-state index in [1.807, 2.05) is 13.8 Å². The lowest BCUT2D eigenvalue weighted by atomic mass is 9.89. The summed E-state index contributed by atoms with van der Waals surface area (Å²) in [7, 11) is 0. The average Bonchev–Trinajstić information content (AvgIpc) is 2.33. The van der Waals surface area contributed by atoms with Crippen molar-refractivity contribution >= 4 is 12.3 Å². The molecule has 0 aromatic heterocycles. The fraction of sp³-hybridized carbons (Fsp3) is 0.556. The maximum Gasteiger partial charge on any atom is 0.331 e. The Labute approximate surface area is 71.4 Å². The summed E-state index contributed by atoms with van der Waals surface area (Å²) in [5, 5.41) is 0. The molecular weight excluding hydrogens is 156 g/mol. The SMILES string of the molecule is C[C@H](CC=O)[C@@]1(C)C=CC(=O)O1. The van der Waals surface area contributed by atoms with E-state index >= 15 is 0 Å². The summed E-state index contributed by atoms with van der Waals surface area (Å²) in [5.41, 5.74) is -0.585. The molecule has 0 bridgehead atoms. The fourth-order valence-electron chi connectivity index (χ4n) is 1.16. The Kier molecular flexibility index (Phi) is 2.31. The lowest BCUT2D eigenvalue weighted by Gasteiger charge is -2.27. The van der Waals surface area contributed by atoms with E-state index in [9.17, 15) is 9.59 Å². The van der Waals surface area contributed by atoms with E-state index in [4.69, 9.17) is 4.74 Å². The predicted octanol–water partition coefficient (Wildman–Crippen LogP) is 1.08. The number of hydrogen-bond donors (Lipinski definition) is 0. The van der Waals surface area contributed by atoms with Crippen molar-refractivity contribution in [3.8, 4) is 0 Å². The molecule has 0 spiro atoms. The van der Waals surface area contributed by atoms with E-state index in [2.05, 4.69) is 0 Å². The number of aldehydes is 1. The van der Waals surface area contributed by atoms with E-state index in [0.29, 0.717) is 6.42 Å². The van der Waals surface area contributed by atoms with Crippen LogP contribution in [0.25, 0.3) is 0 Å². The van der Waals surface area contributed by atoms with Crippen LogP contribution in [0.2, 0.25) is 0 Å². The molecule has 0 saturated heterocycles. The number of cyclic esters (lactones) is 1. The van der Waals surface area contributed by atoms with E-state index in [1.54, 1.807) is 6.08 Å². The minimum atomic E-state index is -0.585. The molecule has 0 fully saturated rings. The molecule has 0 amide bonds. The van der Waals surface area contributed by atoms with Crippen LogP contribution < -0.4 is 0 Å². The Bertz CT molecular complexity index is 232. The maximum atomic E-state index is 10.8. The summed E-state index contributed by atoms with van der Waals surface area (Å²) in [5.74, 6) is -0.284. The molecule has 66 valence electrons. The van der Waals surface area contributed by atoms with Crippen LogP contribution in [0.3, 0.4) is 0 Å².